The Morgan fingerprint density at radius 2 is 1.81 bits per heavy atom. The van der Waals surface area contributed by atoms with Gasteiger partial charge in [0.15, 0.2) is 0 Å². The van der Waals surface area contributed by atoms with E-state index in [0.717, 1.165) is 19.5 Å². The minimum absolute atomic E-state index is 0.419. The highest BCUT2D eigenvalue weighted by Gasteiger charge is 2.37. The number of hydrogen-bond donors (Lipinski definition) is 1. The molecule has 2 aliphatic heterocycles. The van der Waals surface area contributed by atoms with Crippen LogP contribution in [0.25, 0.3) is 0 Å². The molecule has 21 heavy (non-hydrogen) atoms. The van der Waals surface area contributed by atoms with Crippen LogP contribution in [0.15, 0.2) is 29.2 Å². The van der Waals surface area contributed by atoms with Gasteiger partial charge >= 0.3 is 0 Å². The fourth-order valence-electron chi connectivity index (χ4n) is 3.39. The monoisotopic (exact) mass is 308 g/mol. The lowest BCUT2D eigenvalue weighted by molar-refractivity contribution is 0.228. The molecule has 2 aliphatic rings. The first-order valence-electron chi connectivity index (χ1n) is 7.79. The summed E-state index contributed by atoms with van der Waals surface area (Å²) in [7, 11) is -3.34. The van der Waals surface area contributed by atoms with Crippen LogP contribution < -0.4 is 5.32 Å². The predicted molar refractivity (Wildman–Crippen MR) is 83.8 cm³/mol. The van der Waals surface area contributed by atoms with Gasteiger partial charge in [0.2, 0.25) is 10.0 Å². The summed E-state index contributed by atoms with van der Waals surface area (Å²) >= 11 is 0. The zero-order chi connectivity index (χ0) is 15.0. The van der Waals surface area contributed by atoms with E-state index in [9.17, 15) is 8.42 Å². The molecule has 0 saturated carbocycles. The molecule has 2 atom stereocenters. The second-order valence-corrected chi connectivity index (χ2v) is 8.49. The average Bonchev–Trinajstić information content (AvgIpc) is 2.94. The van der Waals surface area contributed by atoms with Gasteiger partial charge in [-0.1, -0.05) is 26.0 Å². The minimum atomic E-state index is -3.34. The number of nitrogens with one attached hydrogen (secondary N) is 1. The van der Waals surface area contributed by atoms with E-state index < -0.39 is 10.0 Å². The quantitative estimate of drug-likeness (QED) is 0.929. The molecule has 1 aromatic carbocycles. The Balaban J connectivity index is 1.79. The molecular formula is C16H24N2O2S. The van der Waals surface area contributed by atoms with E-state index in [1.807, 2.05) is 12.1 Å². The van der Waals surface area contributed by atoms with Crippen molar-refractivity contribution in [2.45, 2.75) is 31.1 Å². The van der Waals surface area contributed by atoms with Crippen LogP contribution in [0.3, 0.4) is 0 Å². The van der Waals surface area contributed by atoms with Crippen molar-refractivity contribution in [2.75, 3.05) is 26.2 Å². The molecule has 1 N–H and O–H groups in total. The molecule has 0 aromatic heterocycles. The lowest BCUT2D eigenvalue weighted by atomic mass is 9.90. The molecule has 116 valence electrons. The van der Waals surface area contributed by atoms with Crippen molar-refractivity contribution in [3.8, 4) is 0 Å². The molecule has 1 aromatic rings. The van der Waals surface area contributed by atoms with Gasteiger partial charge < -0.3 is 5.32 Å². The topological polar surface area (TPSA) is 49.4 Å². The zero-order valence-electron chi connectivity index (χ0n) is 12.7. The van der Waals surface area contributed by atoms with Crippen LogP contribution in [0.2, 0.25) is 0 Å². The number of rotatable bonds is 3. The highest BCUT2D eigenvalue weighted by molar-refractivity contribution is 7.89. The zero-order valence-corrected chi connectivity index (χ0v) is 13.6. The van der Waals surface area contributed by atoms with Crippen LogP contribution in [0, 0.1) is 11.8 Å². The average molecular weight is 308 g/mol. The molecule has 3 rings (SSSR count). The summed E-state index contributed by atoms with van der Waals surface area (Å²) in [5.41, 5.74) is 1.17. The van der Waals surface area contributed by atoms with Crippen LogP contribution in [0.5, 0.6) is 0 Å². The molecule has 0 amide bonds. The van der Waals surface area contributed by atoms with Crippen molar-refractivity contribution < 1.29 is 8.42 Å². The van der Waals surface area contributed by atoms with E-state index in [2.05, 4.69) is 19.2 Å². The normalized spacial score (nSPS) is 27.0. The van der Waals surface area contributed by atoms with Crippen LogP contribution >= 0.6 is 0 Å². The fraction of sp³-hybridized carbons (Fsp3) is 0.625. The first-order valence-corrected chi connectivity index (χ1v) is 9.23. The van der Waals surface area contributed by atoms with Gasteiger partial charge in [-0.25, -0.2) is 8.42 Å². The van der Waals surface area contributed by atoms with E-state index in [1.165, 1.54) is 5.56 Å². The second kappa shape index (κ2) is 5.71. The Morgan fingerprint density at radius 1 is 1.14 bits per heavy atom. The molecule has 2 saturated heterocycles. The maximum absolute atomic E-state index is 12.8. The molecule has 2 fully saturated rings. The highest BCUT2D eigenvalue weighted by atomic mass is 32.2. The van der Waals surface area contributed by atoms with E-state index >= 15 is 0 Å². The summed E-state index contributed by atoms with van der Waals surface area (Å²) in [4.78, 5) is 0.427. The SMILES string of the molecule is CC(C)c1ccc(S(=O)(=O)N2CCC3CNCC3C2)cc1. The Hall–Kier alpha value is -0.910. The van der Waals surface area contributed by atoms with E-state index in [-0.39, 0.29) is 0 Å². The van der Waals surface area contributed by atoms with Crippen LogP contribution in [0.4, 0.5) is 0 Å². The van der Waals surface area contributed by atoms with Crippen LogP contribution in [-0.2, 0) is 10.0 Å². The van der Waals surface area contributed by atoms with Crippen molar-refractivity contribution in [1.29, 1.82) is 0 Å². The molecule has 5 heteroatoms. The molecule has 0 bridgehead atoms. The largest absolute Gasteiger partial charge is 0.316 e. The smallest absolute Gasteiger partial charge is 0.243 e. The van der Waals surface area contributed by atoms with Crippen molar-refractivity contribution in [3.05, 3.63) is 29.8 Å². The molecule has 0 spiro atoms. The van der Waals surface area contributed by atoms with Gasteiger partial charge in [0.1, 0.15) is 0 Å². The van der Waals surface area contributed by atoms with Gasteiger partial charge in [-0.3, -0.25) is 0 Å². The Morgan fingerprint density at radius 3 is 2.48 bits per heavy atom. The molecule has 0 radical (unpaired) electrons. The molecule has 0 aliphatic carbocycles. The Kier molecular flexibility index (Phi) is 4.08. The number of hydrogen-bond acceptors (Lipinski definition) is 3. The number of nitrogens with zero attached hydrogens (tertiary/aromatic N) is 1. The summed E-state index contributed by atoms with van der Waals surface area (Å²) in [6.07, 6.45) is 0.973. The van der Waals surface area contributed by atoms with Gasteiger partial charge in [-0.15, -0.1) is 0 Å². The van der Waals surface area contributed by atoms with Crippen molar-refractivity contribution in [1.82, 2.24) is 9.62 Å². The van der Waals surface area contributed by atoms with Crippen LogP contribution in [-0.4, -0.2) is 38.9 Å². The van der Waals surface area contributed by atoms with Crippen molar-refractivity contribution in [2.24, 2.45) is 11.8 Å². The third kappa shape index (κ3) is 2.87. The third-order valence-corrected chi connectivity index (χ3v) is 6.73. The van der Waals surface area contributed by atoms with E-state index in [1.54, 1.807) is 16.4 Å². The van der Waals surface area contributed by atoms with Gasteiger partial charge in [-0.2, -0.15) is 4.31 Å². The number of piperidine rings is 1. The summed E-state index contributed by atoms with van der Waals surface area (Å²) in [6, 6.07) is 7.37. The lowest BCUT2D eigenvalue weighted by Crippen LogP contribution is -2.43. The van der Waals surface area contributed by atoms with Crippen molar-refractivity contribution in [3.63, 3.8) is 0 Å². The lowest BCUT2D eigenvalue weighted by Gasteiger charge is -2.33. The first kappa shape index (κ1) is 15.0. The standard InChI is InChI=1S/C16H24N2O2S/c1-12(2)13-3-5-16(6-4-13)21(19,20)18-8-7-14-9-17-10-15(14)11-18/h3-6,12,14-15,17H,7-11H2,1-2H3. The maximum Gasteiger partial charge on any atom is 0.243 e. The first-order chi connectivity index (χ1) is 9.98. The third-order valence-electron chi connectivity index (χ3n) is 4.85. The minimum Gasteiger partial charge on any atom is -0.316 e. The van der Waals surface area contributed by atoms with Gasteiger partial charge in [0.25, 0.3) is 0 Å². The summed E-state index contributed by atoms with van der Waals surface area (Å²) in [6.45, 7) is 7.52. The Labute approximate surface area is 127 Å². The second-order valence-electron chi connectivity index (χ2n) is 6.55. The molecular weight excluding hydrogens is 284 g/mol. The Bertz CT molecular complexity index is 595. The van der Waals surface area contributed by atoms with Crippen molar-refractivity contribution >= 4 is 10.0 Å². The number of fused-ring (bicyclic) bond motifs is 1. The van der Waals surface area contributed by atoms with Gasteiger partial charge in [-0.05, 0) is 55.0 Å². The maximum atomic E-state index is 12.8. The number of sulfonamides is 1. The molecule has 2 unspecified atom stereocenters. The molecule has 4 nitrogen and oxygen atoms in total. The summed E-state index contributed by atoms with van der Waals surface area (Å²) in [5, 5.41) is 3.37. The van der Waals surface area contributed by atoms with E-state index in [4.69, 9.17) is 0 Å². The van der Waals surface area contributed by atoms with Crippen LogP contribution in [0.1, 0.15) is 31.7 Å². The number of benzene rings is 1. The summed E-state index contributed by atoms with van der Waals surface area (Å²) in [5.74, 6) is 1.55. The predicted octanol–water partition coefficient (Wildman–Crippen LogP) is 2.04. The van der Waals surface area contributed by atoms with E-state index in [0.29, 0.717) is 35.7 Å². The van der Waals surface area contributed by atoms with Gasteiger partial charge in [0.05, 0.1) is 4.90 Å². The van der Waals surface area contributed by atoms with Gasteiger partial charge in [0, 0.05) is 13.1 Å². The molecule has 2 heterocycles. The fourth-order valence-corrected chi connectivity index (χ4v) is 4.91. The summed E-state index contributed by atoms with van der Waals surface area (Å²) < 4.78 is 27.2. The highest BCUT2D eigenvalue weighted by Crippen LogP contribution is 2.30.